The van der Waals surface area contributed by atoms with Crippen molar-refractivity contribution in [1.29, 1.82) is 0 Å². The molecule has 0 amide bonds. The third-order valence-corrected chi connectivity index (χ3v) is 3.43. The van der Waals surface area contributed by atoms with E-state index in [0.29, 0.717) is 0 Å². The second kappa shape index (κ2) is 2.73. The summed E-state index contributed by atoms with van der Waals surface area (Å²) < 4.78 is 0. The fourth-order valence-electron chi connectivity index (χ4n) is 2.64. The monoisotopic (exact) mass is 202 g/mol. The van der Waals surface area contributed by atoms with E-state index in [1.807, 2.05) is 0 Å². The Morgan fingerprint density at radius 3 is 1.56 bits per heavy atom. The lowest BCUT2D eigenvalue weighted by Crippen LogP contribution is -2.11. The van der Waals surface area contributed by atoms with E-state index < -0.39 is 0 Å². The molecule has 0 aliphatic heterocycles. The normalized spacial score (nSPS) is 14.8. The van der Waals surface area contributed by atoms with E-state index >= 15 is 0 Å². The summed E-state index contributed by atoms with van der Waals surface area (Å²) in [6.07, 6.45) is 13.0. The number of hydrogen-bond donors (Lipinski definition) is 0. The molecule has 0 radical (unpaired) electrons. The Bertz CT molecular complexity index is 718. The van der Waals surface area contributed by atoms with Crippen LogP contribution in [0.2, 0.25) is 0 Å². The predicted molar refractivity (Wildman–Crippen MR) is 70.2 cm³/mol. The molecule has 4 rings (SSSR count). The van der Waals surface area contributed by atoms with Crippen LogP contribution in [0, 0.1) is 0 Å². The van der Waals surface area contributed by atoms with Gasteiger partial charge in [0.1, 0.15) is 0 Å². The third-order valence-electron chi connectivity index (χ3n) is 3.43. The van der Waals surface area contributed by atoms with Gasteiger partial charge in [-0.15, -0.1) is 0 Å². The molecule has 0 aromatic heterocycles. The van der Waals surface area contributed by atoms with Crippen LogP contribution in [-0.4, -0.2) is 0 Å². The highest BCUT2D eigenvalue weighted by atomic mass is 14.1. The van der Waals surface area contributed by atoms with Crippen molar-refractivity contribution in [1.82, 2.24) is 0 Å². The summed E-state index contributed by atoms with van der Waals surface area (Å²) in [6, 6.07) is 8.90. The molecule has 0 unspecified atom stereocenters. The maximum Gasteiger partial charge on any atom is -0.00990 e. The van der Waals surface area contributed by atoms with Crippen molar-refractivity contribution in [3.63, 3.8) is 0 Å². The van der Waals surface area contributed by atoms with Crippen LogP contribution in [-0.2, 0) is 0 Å². The Hall–Kier alpha value is -2.08. The summed E-state index contributed by atoms with van der Waals surface area (Å²) in [5.41, 5.74) is 2.66. The van der Waals surface area contributed by atoms with E-state index in [1.165, 1.54) is 32.3 Å². The fourth-order valence-corrected chi connectivity index (χ4v) is 2.64. The second-order valence-corrected chi connectivity index (χ2v) is 4.28. The minimum Gasteiger partial charge on any atom is -0.0610 e. The highest BCUT2D eigenvalue weighted by Gasteiger charge is 2.06. The summed E-state index contributed by atoms with van der Waals surface area (Å²) in [5.74, 6) is 0. The van der Waals surface area contributed by atoms with Gasteiger partial charge in [-0.2, -0.15) is 0 Å². The molecule has 0 spiro atoms. The van der Waals surface area contributed by atoms with E-state index in [9.17, 15) is 0 Å². The van der Waals surface area contributed by atoms with Crippen molar-refractivity contribution >= 4 is 35.1 Å². The van der Waals surface area contributed by atoms with Crippen LogP contribution in [0.25, 0.3) is 35.1 Å². The minimum absolute atomic E-state index is 1.33. The number of fused-ring (bicyclic) bond motifs is 5. The highest BCUT2D eigenvalue weighted by Crippen LogP contribution is 2.15. The molecule has 74 valence electrons. The molecule has 0 saturated heterocycles. The van der Waals surface area contributed by atoms with Gasteiger partial charge in [0.25, 0.3) is 0 Å². The molecule has 0 nitrogen and oxygen atoms in total. The molecular formula is C16H10. The van der Waals surface area contributed by atoms with Crippen LogP contribution in [0.3, 0.4) is 0 Å². The molecule has 2 aliphatic carbocycles. The van der Waals surface area contributed by atoms with Gasteiger partial charge in [0.05, 0.1) is 0 Å². The van der Waals surface area contributed by atoms with E-state index in [2.05, 4.69) is 60.7 Å². The van der Waals surface area contributed by atoms with E-state index in [1.54, 1.807) is 0 Å². The zero-order chi connectivity index (χ0) is 10.5. The predicted octanol–water partition coefficient (Wildman–Crippen LogP) is 2.45. The lowest BCUT2D eigenvalue weighted by atomic mass is 10.0. The average Bonchev–Trinajstić information content (AvgIpc) is 2.96. The van der Waals surface area contributed by atoms with Crippen LogP contribution in [0.15, 0.2) is 36.4 Å². The molecule has 0 fully saturated rings. The average molecular weight is 202 g/mol. The molecule has 16 heavy (non-hydrogen) atoms. The lowest BCUT2D eigenvalue weighted by molar-refractivity contribution is 1.60. The number of hydrogen-bond acceptors (Lipinski definition) is 0. The first kappa shape index (κ1) is 8.12. The van der Waals surface area contributed by atoms with Crippen LogP contribution >= 0.6 is 0 Å². The van der Waals surface area contributed by atoms with E-state index in [0.717, 1.165) is 0 Å². The number of benzene rings is 2. The van der Waals surface area contributed by atoms with Crippen molar-refractivity contribution < 1.29 is 0 Å². The zero-order valence-electron chi connectivity index (χ0n) is 8.77. The summed E-state index contributed by atoms with van der Waals surface area (Å²) in [4.78, 5) is 0. The Kier molecular flexibility index (Phi) is 1.39. The Balaban J connectivity index is 2.31. The second-order valence-electron chi connectivity index (χ2n) is 4.28. The van der Waals surface area contributed by atoms with Gasteiger partial charge in [0.15, 0.2) is 0 Å². The van der Waals surface area contributed by atoms with Gasteiger partial charge in [-0.1, -0.05) is 60.7 Å². The molecule has 0 bridgehead atoms. The summed E-state index contributed by atoms with van der Waals surface area (Å²) in [5, 5.41) is 5.45. The Labute approximate surface area is 93.5 Å². The third kappa shape index (κ3) is 0.892. The van der Waals surface area contributed by atoms with Crippen LogP contribution in [0.5, 0.6) is 0 Å². The molecule has 2 aromatic rings. The van der Waals surface area contributed by atoms with Crippen LogP contribution in [0.1, 0.15) is 11.1 Å². The number of allylic oxidation sites excluding steroid dienone is 2. The molecule has 0 saturated carbocycles. The first-order valence-electron chi connectivity index (χ1n) is 5.56. The van der Waals surface area contributed by atoms with Crippen LogP contribution in [0.4, 0.5) is 0 Å². The summed E-state index contributed by atoms with van der Waals surface area (Å²) in [7, 11) is 0. The molecule has 2 aliphatic rings. The van der Waals surface area contributed by atoms with Gasteiger partial charge >= 0.3 is 0 Å². The van der Waals surface area contributed by atoms with Gasteiger partial charge < -0.3 is 0 Å². The quantitative estimate of drug-likeness (QED) is 0.615. The Morgan fingerprint density at radius 2 is 1.06 bits per heavy atom. The largest absolute Gasteiger partial charge is 0.0610 e. The maximum absolute atomic E-state index is 2.24. The summed E-state index contributed by atoms with van der Waals surface area (Å²) in [6.45, 7) is 0. The topological polar surface area (TPSA) is 0 Å². The first-order chi connectivity index (χ1) is 7.93. The van der Waals surface area contributed by atoms with Crippen molar-refractivity contribution in [2.75, 3.05) is 0 Å². The standard InChI is InChI=1S/C16H10/c1-3-11-7-9-16-14-6-2-4-12(14)8-10-15(16)13(11)5-1/h1-10H. The molecule has 0 atom stereocenters. The van der Waals surface area contributed by atoms with Crippen molar-refractivity contribution in [3.8, 4) is 0 Å². The molecule has 0 N–H and O–H groups in total. The molecule has 0 heteroatoms. The smallest absolute Gasteiger partial charge is 0.00990 e. The first-order valence-corrected chi connectivity index (χ1v) is 5.56. The summed E-state index contributed by atoms with van der Waals surface area (Å²) >= 11 is 0. The van der Waals surface area contributed by atoms with Gasteiger partial charge in [0.2, 0.25) is 0 Å². The van der Waals surface area contributed by atoms with Gasteiger partial charge in [-0.25, -0.2) is 0 Å². The molecule has 2 aromatic carbocycles. The SMILES string of the molecule is C1=Cc2ccc3c4c(ccc3c2=C1)C=CC=4. The zero-order valence-corrected chi connectivity index (χ0v) is 8.77. The van der Waals surface area contributed by atoms with Crippen molar-refractivity contribution in [2.24, 2.45) is 0 Å². The minimum atomic E-state index is 1.33. The van der Waals surface area contributed by atoms with Gasteiger partial charge in [-0.05, 0) is 32.3 Å². The fraction of sp³-hybridized carbons (Fsp3) is 0. The molecule has 0 heterocycles. The number of rotatable bonds is 0. The highest BCUT2D eigenvalue weighted by molar-refractivity contribution is 5.93. The molecular weight excluding hydrogens is 192 g/mol. The Morgan fingerprint density at radius 1 is 0.562 bits per heavy atom. The van der Waals surface area contributed by atoms with Crippen molar-refractivity contribution in [2.45, 2.75) is 0 Å². The van der Waals surface area contributed by atoms with E-state index in [-0.39, 0.29) is 0 Å². The van der Waals surface area contributed by atoms with Crippen molar-refractivity contribution in [3.05, 3.63) is 58.0 Å². The lowest BCUT2D eigenvalue weighted by Gasteiger charge is -2.03. The van der Waals surface area contributed by atoms with Gasteiger partial charge in [0, 0.05) is 0 Å². The van der Waals surface area contributed by atoms with Crippen LogP contribution < -0.4 is 10.4 Å². The van der Waals surface area contributed by atoms with E-state index in [4.69, 9.17) is 0 Å². The maximum atomic E-state index is 2.24. The van der Waals surface area contributed by atoms with Gasteiger partial charge in [-0.3, -0.25) is 0 Å².